The van der Waals surface area contributed by atoms with E-state index in [1.807, 2.05) is 36.4 Å². The van der Waals surface area contributed by atoms with Crippen molar-refractivity contribution in [1.82, 2.24) is 4.90 Å². The highest BCUT2D eigenvalue weighted by molar-refractivity contribution is 9.10. The van der Waals surface area contributed by atoms with Gasteiger partial charge in [0.1, 0.15) is 5.82 Å². The molecule has 4 rings (SSSR count). The predicted molar refractivity (Wildman–Crippen MR) is 123 cm³/mol. The van der Waals surface area contributed by atoms with Crippen LogP contribution in [0.15, 0.2) is 77.3 Å². The molecule has 0 unspecified atom stereocenters. The lowest BCUT2D eigenvalue weighted by atomic mass is 10.1. The number of anilines is 2. The lowest BCUT2D eigenvalue weighted by Crippen LogP contribution is -2.49. The summed E-state index contributed by atoms with van der Waals surface area (Å²) >= 11 is 3.37. The summed E-state index contributed by atoms with van der Waals surface area (Å²) in [4.78, 5) is 28.8. The topological polar surface area (TPSA) is 52.7 Å². The van der Waals surface area contributed by atoms with E-state index in [1.165, 1.54) is 12.1 Å². The number of halogens is 2. The van der Waals surface area contributed by atoms with E-state index in [9.17, 15) is 14.0 Å². The van der Waals surface area contributed by atoms with Crippen LogP contribution >= 0.6 is 15.9 Å². The number of rotatable bonds is 4. The Hall–Kier alpha value is -3.19. The Morgan fingerprint density at radius 2 is 1.58 bits per heavy atom. The summed E-state index contributed by atoms with van der Waals surface area (Å²) in [5, 5.41) is 2.89. The third-order valence-electron chi connectivity index (χ3n) is 5.25. The number of nitrogens with zero attached hydrogens (tertiary/aromatic N) is 2. The molecule has 3 aromatic rings. The van der Waals surface area contributed by atoms with Crippen LogP contribution in [0.25, 0.3) is 0 Å². The maximum absolute atomic E-state index is 13.9. The van der Waals surface area contributed by atoms with Gasteiger partial charge in [-0.25, -0.2) is 4.39 Å². The molecule has 158 valence electrons. The molecule has 1 aliphatic heterocycles. The van der Waals surface area contributed by atoms with Crippen molar-refractivity contribution in [3.8, 4) is 0 Å². The van der Waals surface area contributed by atoms with Crippen molar-refractivity contribution < 1.29 is 14.0 Å². The number of benzene rings is 3. The first-order chi connectivity index (χ1) is 15.0. The molecule has 0 spiro atoms. The molecule has 5 nitrogen and oxygen atoms in total. The number of hydrogen-bond acceptors (Lipinski definition) is 3. The second-order valence-electron chi connectivity index (χ2n) is 7.27. The van der Waals surface area contributed by atoms with E-state index in [1.54, 1.807) is 29.2 Å². The van der Waals surface area contributed by atoms with Gasteiger partial charge in [0.15, 0.2) is 0 Å². The summed E-state index contributed by atoms with van der Waals surface area (Å²) in [5.74, 6) is -0.937. The van der Waals surface area contributed by atoms with Crippen LogP contribution in [0.4, 0.5) is 15.8 Å². The minimum absolute atomic E-state index is 0.112. The molecule has 0 aliphatic carbocycles. The lowest BCUT2D eigenvalue weighted by Gasteiger charge is -2.36. The number of amides is 2. The number of hydrogen-bond donors (Lipinski definition) is 1. The van der Waals surface area contributed by atoms with Gasteiger partial charge >= 0.3 is 0 Å². The average Bonchev–Trinajstić information content (AvgIpc) is 2.79. The highest BCUT2D eigenvalue weighted by atomic mass is 79.9. The zero-order valence-electron chi connectivity index (χ0n) is 16.7. The van der Waals surface area contributed by atoms with E-state index in [2.05, 4.69) is 26.1 Å². The lowest BCUT2D eigenvalue weighted by molar-refractivity contribution is 0.0742. The van der Waals surface area contributed by atoms with Crippen molar-refractivity contribution in [1.29, 1.82) is 0 Å². The molecule has 31 heavy (non-hydrogen) atoms. The highest BCUT2D eigenvalue weighted by Crippen LogP contribution is 2.21. The van der Waals surface area contributed by atoms with Crippen molar-refractivity contribution in [2.24, 2.45) is 0 Å². The van der Waals surface area contributed by atoms with Crippen LogP contribution in [0, 0.1) is 5.82 Å². The molecule has 3 aromatic carbocycles. The molecule has 1 fully saturated rings. The van der Waals surface area contributed by atoms with Crippen molar-refractivity contribution in [3.63, 3.8) is 0 Å². The van der Waals surface area contributed by atoms with Crippen LogP contribution in [0.3, 0.4) is 0 Å². The highest BCUT2D eigenvalue weighted by Gasteiger charge is 2.24. The molecule has 2 amide bonds. The van der Waals surface area contributed by atoms with Gasteiger partial charge in [-0.1, -0.05) is 34.1 Å². The maximum Gasteiger partial charge on any atom is 0.256 e. The Morgan fingerprint density at radius 1 is 0.871 bits per heavy atom. The van der Waals surface area contributed by atoms with Gasteiger partial charge in [-0.05, 0) is 54.6 Å². The van der Waals surface area contributed by atoms with E-state index >= 15 is 0 Å². The van der Waals surface area contributed by atoms with Gasteiger partial charge in [0.2, 0.25) is 0 Å². The quantitative estimate of drug-likeness (QED) is 0.581. The second kappa shape index (κ2) is 9.31. The fraction of sp³-hybridized carbons (Fsp3) is 0.167. The second-order valence-corrected chi connectivity index (χ2v) is 8.19. The summed E-state index contributed by atoms with van der Waals surface area (Å²) in [6.07, 6.45) is 0. The minimum atomic E-state index is -0.490. The Bertz CT molecular complexity index is 1100. The number of carbonyl (C=O) groups excluding carboxylic acids is 2. The first kappa shape index (κ1) is 21.1. The van der Waals surface area contributed by atoms with E-state index < -0.39 is 5.82 Å². The molecule has 7 heteroatoms. The van der Waals surface area contributed by atoms with Crippen LogP contribution in [-0.2, 0) is 0 Å². The van der Waals surface area contributed by atoms with Gasteiger partial charge in [0, 0.05) is 47.6 Å². The van der Waals surface area contributed by atoms with Gasteiger partial charge in [-0.3, -0.25) is 9.59 Å². The molecule has 0 bridgehead atoms. The zero-order chi connectivity index (χ0) is 21.8. The van der Waals surface area contributed by atoms with Crippen molar-refractivity contribution in [2.75, 3.05) is 36.4 Å². The van der Waals surface area contributed by atoms with Crippen LogP contribution < -0.4 is 10.2 Å². The van der Waals surface area contributed by atoms with E-state index in [-0.39, 0.29) is 17.4 Å². The number of carbonyl (C=O) groups is 2. The van der Waals surface area contributed by atoms with Crippen LogP contribution in [0.2, 0.25) is 0 Å². The maximum atomic E-state index is 13.9. The van der Waals surface area contributed by atoms with Gasteiger partial charge in [-0.15, -0.1) is 0 Å². The van der Waals surface area contributed by atoms with Gasteiger partial charge in [0.25, 0.3) is 11.8 Å². The van der Waals surface area contributed by atoms with Crippen LogP contribution in [-0.4, -0.2) is 42.9 Å². The molecular weight excluding hydrogens is 461 g/mol. The molecule has 0 atom stereocenters. The number of piperazine rings is 1. The summed E-state index contributed by atoms with van der Waals surface area (Å²) in [5.41, 5.74) is 2.41. The normalized spacial score (nSPS) is 13.7. The van der Waals surface area contributed by atoms with E-state index in [0.717, 1.165) is 10.2 Å². The molecule has 0 radical (unpaired) electrons. The standard InChI is InChI=1S/C24H21BrFN3O2/c25-18-5-3-4-17(16-18)23(30)27-19-8-10-20(11-9-19)28-12-14-29(15-13-28)24(31)21-6-1-2-7-22(21)26/h1-11,16H,12-15H2,(H,27,30). The summed E-state index contributed by atoms with van der Waals surface area (Å²) in [7, 11) is 0. The van der Waals surface area contributed by atoms with E-state index in [0.29, 0.717) is 37.4 Å². The molecule has 0 saturated carbocycles. The summed E-state index contributed by atoms with van der Waals surface area (Å²) in [6, 6.07) is 20.9. The largest absolute Gasteiger partial charge is 0.368 e. The van der Waals surface area contributed by atoms with Gasteiger partial charge in [0.05, 0.1) is 5.56 Å². The first-order valence-electron chi connectivity index (χ1n) is 9.97. The molecule has 0 aromatic heterocycles. The predicted octanol–water partition coefficient (Wildman–Crippen LogP) is 4.80. The fourth-order valence-corrected chi connectivity index (χ4v) is 3.96. The Kier molecular flexibility index (Phi) is 6.32. The Balaban J connectivity index is 1.35. The van der Waals surface area contributed by atoms with E-state index in [4.69, 9.17) is 0 Å². The fourth-order valence-electron chi connectivity index (χ4n) is 3.56. The molecule has 1 heterocycles. The minimum Gasteiger partial charge on any atom is -0.368 e. The smallest absolute Gasteiger partial charge is 0.256 e. The SMILES string of the molecule is O=C(Nc1ccc(N2CCN(C(=O)c3ccccc3F)CC2)cc1)c1cccc(Br)c1. The van der Waals surface area contributed by atoms with Crippen LogP contribution in [0.5, 0.6) is 0 Å². The third kappa shape index (κ3) is 4.94. The van der Waals surface area contributed by atoms with Crippen molar-refractivity contribution in [3.05, 3.63) is 94.2 Å². The number of nitrogens with one attached hydrogen (secondary N) is 1. The third-order valence-corrected chi connectivity index (χ3v) is 5.74. The first-order valence-corrected chi connectivity index (χ1v) is 10.8. The molecule has 1 aliphatic rings. The van der Waals surface area contributed by atoms with Gasteiger partial charge < -0.3 is 15.1 Å². The molecule has 1 saturated heterocycles. The van der Waals surface area contributed by atoms with Crippen LogP contribution in [0.1, 0.15) is 20.7 Å². The zero-order valence-corrected chi connectivity index (χ0v) is 18.3. The van der Waals surface area contributed by atoms with Gasteiger partial charge in [-0.2, -0.15) is 0 Å². The monoisotopic (exact) mass is 481 g/mol. The summed E-state index contributed by atoms with van der Waals surface area (Å²) < 4.78 is 14.8. The van der Waals surface area contributed by atoms with Crippen molar-refractivity contribution in [2.45, 2.75) is 0 Å². The Morgan fingerprint density at radius 3 is 2.26 bits per heavy atom. The Labute approximate surface area is 188 Å². The molecular formula is C24H21BrFN3O2. The summed E-state index contributed by atoms with van der Waals surface area (Å²) in [6.45, 7) is 2.36. The molecule has 1 N–H and O–H groups in total. The van der Waals surface area contributed by atoms with Crippen molar-refractivity contribution >= 4 is 39.1 Å². The average molecular weight is 482 g/mol.